The lowest BCUT2D eigenvalue weighted by molar-refractivity contribution is -0.145. The van der Waals surface area contributed by atoms with Gasteiger partial charge in [0.2, 0.25) is 11.8 Å². The summed E-state index contributed by atoms with van der Waals surface area (Å²) in [5.41, 5.74) is 0. The molecule has 1 aliphatic rings. The Kier molecular flexibility index (Phi) is 6.48. The van der Waals surface area contributed by atoms with Gasteiger partial charge in [-0.25, -0.2) is 4.79 Å². The average Bonchev–Trinajstić information content (AvgIpc) is 3.04. The number of esters is 1. The summed E-state index contributed by atoms with van der Waals surface area (Å²) in [7, 11) is -0.0447. The number of hydrogen-bond acceptors (Lipinski definition) is 5. The predicted octanol–water partition coefficient (Wildman–Crippen LogP) is 0.121. The summed E-state index contributed by atoms with van der Waals surface area (Å²) in [6.07, 6.45) is 0.869. The molecule has 1 fully saturated rings. The van der Waals surface area contributed by atoms with Crippen LogP contribution >= 0.6 is 0 Å². The van der Waals surface area contributed by atoms with Gasteiger partial charge >= 0.3 is 5.97 Å². The second kappa shape index (κ2) is 8.58. The van der Waals surface area contributed by atoms with Crippen LogP contribution < -0.4 is 10.6 Å². The van der Waals surface area contributed by atoms with E-state index in [2.05, 4.69) is 10.6 Å². The monoisotopic (exact) mass is 352 g/mol. The average molecular weight is 352 g/mol. The number of rotatable bonds is 7. The lowest BCUT2D eigenvalue weighted by Crippen LogP contribution is -2.49. The molecule has 1 aromatic rings. The molecule has 1 saturated heterocycles. The third-order valence-electron chi connectivity index (χ3n) is 3.71. The van der Waals surface area contributed by atoms with Gasteiger partial charge in [-0.2, -0.15) is 0 Å². The summed E-state index contributed by atoms with van der Waals surface area (Å²) in [5.74, 6) is -1.00. The number of carbonyl (C=O) groups excluding carboxylic acids is 3. The number of benzene rings is 1. The molecular formula is C16H20N2O5S. The van der Waals surface area contributed by atoms with Crippen molar-refractivity contribution >= 4 is 28.6 Å². The summed E-state index contributed by atoms with van der Waals surface area (Å²) >= 11 is 0. The van der Waals surface area contributed by atoms with Crippen LogP contribution in [-0.2, 0) is 29.9 Å². The number of carbonyl (C=O) groups is 3. The van der Waals surface area contributed by atoms with E-state index in [1.165, 1.54) is 7.11 Å². The number of hydrogen-bond donors (Lipinski definition) is 2. The van der Waals surface area contributed by atoms with Crippen LogP contribution in [0, 0.1) is 0 Å². The molecule has 130 valence electrons. The first-order chi connectivity index (χ1) is 11.5. The first kappa shape index (κ1) is 18.1. The van der Waals surface area contributed by atoms with Crippen molar-refractivity contribution in [1.82, 2.24) is 10.6 Å². The number of nitrogens with one attached hydrogen (secondary N) is 2. The maximum atomic E-state index is 12.2. The standard InChI is InChI=1S/C16H20N2O5S/c1-23-16(21)13(18-15(20)12-7-8-14(19)17-12)9-10-24(22)11-5-3-2-4-6-11/h2-6,12-13H,7-10H2,1H3,(H,17,19)(H,18,20)/t12-,13+,24+/m1/s1. The van der Waals surface area contributed by atoms with E-state index in [1.54, 1.807) is 24.3 Å². The molecule has 1 aliphatic heterocycles. The fourth-order valence-corrected chi connectivity index (χ4v) is 3.54. The molecule has 1 aromatic carbocycles. The van der Waals surface area contributed by atoms with E-state index in [0.717, 1.165) is 0 Å². The van der Waals surface area contributed by atoms with Crippen molar-refractivity contribution < 1.29 is 23.3 Å². The quantitative estimate of drug-likeness (QED) is 0.679. The molecule has 0 saturated carbocycles. The van der Waals surface area contributed by atoms with E-state index in [1.807, 2.05) is 6.07 Å². The van der Waals surface area contributed by atoms with Crippen molar-refractivity contribution in [2.24, 2.45) is 0 Å². The zero-order valence-electron chi connectivity index (χ0n) is 13.3. The Labute approximate surface area is 142 Å². The van der Waals surface area contributed by atoms with Crippen molar-refractivity contribution in [2.75, 3.05) is 12.9 Å². The largest absolute Gasteiger partial charge is 0.467 e. The van der Waals surface area contributed by atoms with Crippen molar-refractivity contribution in [3.8, 4) is 0 Å². The summed E-state index contributed by atoms with van der Waals surface area (Å²) in [6.45, 7) is 0. The van der Waals surface area contributed by atoms with Crippen molar-refractivity contribution in [1.29, 1.82) is 0 Å². The van der Waals surface area contributed by atoms with E-state index in [9.17, 15) is 18.6 Å². The summed E-state index contributed by atoms with van der Waals surface area (Å²) < 4.78 is 16.9. The highest BCUT2D eigenvalue weighted by molar-refractivity contribution is 7.85. The molecule has 3 atom stereocenters. The van der Waals surface area contributed by atoms with Gasteiger partial charge in [0.05, 0.1) is 17.9 Å². The van der Waals surface area contributed by atoms with E-state index in [4.69, 9.17) is 4.74 Å². The Hall–Kier alpha value is -2.22. The molecule has 7 nitrogen and oxygen atoms in total. The van der Waals surface area contributed by atoms with Gasteiger partial charge in [0.1, 0.15) is 12.1 Å². The van der Waals surface area contributed by atoms with E-state index >= 15 is 0 Å². The summed E-state index contributed by atoms with van der Waals surface area (Å²) in [6, 6.07) is 7.36. The van der Waals surface area contributed by atoms with Gasteiger partial charge in [-0.05, 0) is 25.0 Å². The molecular weight excluding hydrogens is 332 g/mol. The highest BCUT2D eigenvalue weighted by atomic mass is 32.2. The Morgan fingerprint density at radius 2 is 2.08 bits per heavy atom. The lowest BCUT2D eigenvalue weighted by Gasteiger charge is -2.18. The van der Waals surface area contributed by atoms with Crippen LogP contribution in [0.25, 0.3) is 0 Å². The third kappa shape index (κ3) is 4.89. The first-order valence-electron chi connectivity index (χ1n) is 7.62. The van der Waals surface area contributed by atoms with Gasteiger partial charge in [0, 0.05) is 17.1 Å². The third-order valence-corrected chi connectivity index (χ3v) is 5.12. The van der Waals surface area contributed by atoms with Gasteiger partial charge in [0.25, 0.3) is 0 Å². The van der Waals surface area contributed by atoms with Gasteiger partial charge in [-0.3, -0.25) is 13.8 Å². The van der Waals surface area contributed by atoms with Gasteiger partial charge < -0.3 is 15.4 Å². The topological polar surface area (TPSA) is 102 Å². The molecule has 2 rings (SSSR count). The Balaban J connectivity index is 1.93. The Morgan fingerprint density at radius 3 is 2.67 bits per heavy atom. The van der Waals surface area contributed by atoms with Crippen LogP contribution in [0.5, 0.6) is 0 Å². The highest BCUT2D eigenvalue weighted by Crippen LogP contribution is 2.10. The summed E-state index contributed by atoms with van der Waals surface area (Å²) in [4.78, 5) is 35.8. The van der Waals surface area contributed by atoms with Crippen LogP contribution in [0.1, 0.15) is 19.3 Å². The SMILES string of the molecule is COC(=O)[C@H](CC[S@](=O)c1ccccc1)NC(=O)[C@H]1CCC(=O)N1. The molecule has 8 heteroatoms. The van der Waals surface area contributed by atoms with E-state index in [-0.39, 0.29) is 18.1 Å². The number of amides is 2. The zero-order chi connectivity index (χ0) is 17.5. The lowest BCUT2D eigenvalue weighted by atomic mass is 10.1. The second-order valence-corrected chi connectivity index (χ2v) is 6.97. The van der Waals surface area contributed by atoms with Crippen LogP contribution in [0.3, 0.4) is 0 Å². The fourth-order valence-electron chi connectivity index (χ4n) is 2.39. The minimum atomic E-state index is -1.27. The van der Waals surface area contributed by atoms with Crippen molar-refractivity contribution in [3.63, 3.8) is 0 Å². The molecule has 24 heavy (non-hydrogen) atoms. The molecule has 0 unspecified atom stereocenters. The molecule has 0 aliphatic carbocycles. The van der Waals surface area contributed by atoms with Crippen LogP contribution in [0.2, 0.25) is 0 Å². The van der Waals surface area contributed by atoms with Crippen molar-refractivity contribution in [2.45, 2.75) is 36.2 Å². The molecule has 0 bridgehead atoms. The van der Waals surface area contributed by atoms with Crippen LogP contribution in [0.15, 0.2) is 35.2 Å². The molecule has 0 aromatic heterocycles. The normalized spacial score (nSPS) is 19.2. The molecule has 1 heterocycles. The molecule has 2 N–H and O–H groups in total. The maximum Gasteiger partial charge on any atom is 0.328 e. The van der Waals surface area contributed by atoms with Gasteiger partial charge in [-0.15, -0.1) is 0 Å². The Bertz CT molecular complexity index is 635. The smallest absolute Gasteiger partial charge is 0.328 e. The highest BCUT2D eigenvalue weighted by Gasteiger charge is 2.30. The van der Waals surface area contributed by atoms with Gasteiger partial charge in [-0.1, -0.05) is 18.2 Å². The zero-order valence-corrected chi connectivity index (χ0v) is 14.1. The minimum Gasteiger partial charge on any atom is -0.467 e. The molecule has 2 amide bonds. The molecule has 0 radical (unpaired) electrons. The number of ether oxygens (including phenoxy) is 1. The number of methoxy groups -OCH3 is 1. The fraction of sp³-hybridized carbons (Fsp3) is 0.438. The van der Waals surface area contributed by atoms with E-state index < -0.39 is 34.8 Å². The van der Waals surface area contributed by atoms with Crippen LogP contribution in [0.4, 0.5) is 0 Å². The molecule has 0 spiro atoms. The Morgan fingerprint density at radius 1 is 1.38 bits per heavy atom. The van der Waals surface area contributed by atoms with E-state index in [0.29, 0.717) is 17.7 Å². The van der Waals surface area contributed by atoms with Crippen molar-refractivity contribution in [3.05, 3.63) is 30.3 Å². The van der Waals surface area contributed by atoms with Gasteiger partial charge in [0.15, 0.2) is 0 Å². The predicted molar refractivity (Wildman–Crippen MR) is 87.4 cm³/mol. The first-order valence-corrected chi connectivity index (χ1v) is 8.94. The van der Waals surface area contributed by atoms with Crippen LogP contribution in [-0.4, -0.2) is 46.9 Å². The maximum absolute atomic E-state index is 12.2. The summed E-state index contributed by atoms with van der Waals surface area (Å²) in [5, 5.41) is 5.12. The minimum absolute atomic E-state index is 0.181. The second-order valence-electron chi connectivity index (χ2n) is 5.39.